The summed E-state index contributed by atoms with van der Waals surface area (Å²) in [7, 11) is 0. The molecular weight excluding hydrogens is 294 g/mol. The fourth-order valence-corrected chi connectivity index (χ4v) is 3.11. The van der Waals surface area contributed by atoms with E-state index in [0.717, 1.165) is 11.1 Å². The number of benzene rings is 2. The van der Waals surface area contributed by atoms with Crippen molar-refractivity contribution in [3.8, 4) is 0 Å². The molecule has 0 bridgehead atoms. The summed E-state index contributed by atoms with van der Waals surface area (Å²) >= 11 is 0. The fraction of sp³-hybridized carbons (Fsp3) is 0.176. The molecule has 23 heavy (non-hydrogen) atoms. The smallest absolute Gasteiger partial charge is 0.408 e. The molecule has 1 aliphatic rings. The number of carbonyl (C=O) groups is 1. The van der Waals surface area contributed by atoms with Crippen molar-refractivity contribution in [3.63, 3.8) is 0 Å². The second kappa shape index (κ2) is 4.74. The van der Waals surface area contributed by atoms with Crippen LogP contribution in [0.25, 0.3) is 11.1 Å². The minimum Gasteiger partial charge on any atom is -0.408 e. The van der Waals surface area contributed by atoms with Crippen LogP contribution in [0.1, 0.15) is 34.5 Å². The number of nitrogens with one attached hydrogen (secondary N) is 1. The first-order chi connectivity index (χ1) is 11.0. The number of aromatic amines is 1. The highest BCUT2D eigenvalue weighted by Crippen LogP contribution is 2.35. The lowest BCUT2D eigenvalue weighted by molar-refractivity contribution is 0.0723. The zero-order valence-corrected chi connectivity index (χ0v) is 12.5. The van der Waals surface area contributed by atoms with E-state index >= 15 is 0 Å². The van der Waals surface area contributed by atoms with Crippen molar-refractivity contribution in [2.24, 2.45) is 0 Å². The molecule has 6 heteroatoms. The van der Waals surface area contributed by atoms with Gasteiger partial charge in [0.15, 0.2) is 5.58 Å². The molecule has 0 fully saturated rings. The number of H-pyrrole nitrogens is 1. The van der Waals surface area contributed by atoms with Crippen LogP contribution >= 0.6 is 0 Å². The Balaban J connectivity index is 1.68. The van der Waals surface area contributed by atoms with Gasteiger partial charge in [-0.25, -0.2) is 4.79 Å². The Kier molecular flexibility index (Phi) is 2.81. The number of aromatic nitrogens is 1. The lowest BCUT2D eigenvalue weighted by atomic mass is 10.1. The molecule has 6 nitrogen and oxygen atoms in total. The molecule has 1 atom stereocenters. The largest absolute Gasteiger partial charge is 0.417 e. The number of nitrogens with zero attached hydrogens (tertiary/aromatic N) is 1. The van der Waals surface area contributed by atoms with Crippen LogP contribution < -0.4 is 11.5 Å². The highest BCUT2D eigenvalue weighted by Gasteiger charge is 2.33. The average molecular weight is 309 g/mol. The summed E-state index contributed by atoms with van der Waals surface area (Å²) < 4.78 is 5.07. The Bertz CT molecular complexity index is 986. The van der Waals surface area contributed by atoms with Gasteiger partial charge in [-0.05, 0) is 48.4 Å². The monoisotopic (exact) mass is 309 g/mol. The SMILES string of the molecule is CC1c2cc(N)ccc2C(=O)N1Cc1ccc2[nH]c(=O)oc2c1. The third-order valence-corrected chi connectivity index (χ3v) is 4.32. The second-order valence-corrected chi connectivity index (χ2v) is 5.80. The van der Waals surface area contributed by atoms with Crippen LogP contribution in [0.3, 0.4) is 0 Å². The zero-order chi connectivity index (χ0) is 16.1. The maximum atomic E-state index is 12.6. The summed E-state index contributed by atoms with van der Waals surface area (Å²) in [5.41, 5.74) is 10.2. The van der Waals surface area contributed by atoms with Gasteiger partial charge in [0.1, 0.15) is 0 Å². The summed E-state index contributed by atoms with van der Waals surface area (Å²) in [6.07, 6.45) is 0. The number of hydrogen-bond donors (Lipinski definition) is 2. The van der Waals surface area contributed by atoms with Gasteiger partial charge >= 0.3 is 5.76 Å². The molecule has 0 radical (unpaired) electrons. The van der Waals surface area contributed by atoms with Gasteiger partial charge in [0.2, 0.25) is 0 Å². The fourth-order valence-electron chi connectivity index (χ4n) is 3.11. The van der Waals surface area contributed by atoms with Gasteiger partial charge in [-0.3, -0.25) is 9.78 Å². The number of hydrogen-bond acceptors (Lipinski definition) is 4. The van der Waals surface area contributed by atoms with Gasteiger partial charge in [0.05, 0.1) is 11.6 Å². The molecule has 3 aromatic rings. The molecule has 0 spiro atoms. The van der Waals surface area contributed by atoms with Gasteiger partial charge in [-0.1, -0.05) is 6.07 Å². The topological polar surface area (TPSA) is 92.3 Å². The van der Waals surface area contributed by atoms with Crippen LogP contribution in [-0.2, 0) is 6.54 Å². The Morgan fingerprint density at radius 2 is 2.04 bits per heavy atom. The van der Waals surface area contributed by atoms with E-state index in [1.165, 1.54) is 0 Å². The zero-order valence-electron chi connectivity index (χ0n) is 12.5. The van der Waals surface area contributed by atoms with Crippen molar-refractivity contribution in [1.82, 2.24) is 9.88 Å². The summed E-state index contributed by atoms with van der Waals surface area (Å²) in [6.45, 7) is 2.43. The highest BCUT2D eigenvalue weighted by atomic mass is 16.4. The van der Waals surface area contributed by atoms with Gasteiger partial charge in [-0.15, -0.1) is 0 Å². The van der Waals surface area contributed by atoms with E-state index in [-0.39, 0.29) is 11.9 Å². The van der Waals surface area contributed by atoms with Crippen molar-refractivity contribution in [2.75, 3.05) is 5.73 Å². The molecule has 0 saturated carbocycles. The molecule has 1 unspecified atom stereocenters. The Morgan fingerprint density at radius 3 is 2.87 bits per heavy atom. The predicted octanol–water partition coefficient (Wildman–Crippen LogP) is 2.42. The van der Waals surface area contributed by atoms with E-state index in [0.29, 0.717) is 28.9 Å². The van der Waals surface area contributed by atoms with E-state index in [1.807, 2.05) is 19.1 Å². The first-order valence-corrected chi connectivity index (χ1v) is 7.35. The van der Waals surface area contributed by atoms with Crippen LogP contribution in [0, 0.1) is 0 Å². The number of amides is 1. The average Bonchev–Trinajstić information content (AvgIpc) is 2.99. The number of rotatable bonds is 2. The highest BCUT2D eigenvalue weighted by molar-refractivity contribution is 5.99. The number of carbonyl (C=O) groups excluding carboxylic acids is 1. The lowest BCUT2D eigenvalue weighted by Gasteiger charge is -2.22. The summed E-state index contributed by atoms with van der Waals surface area (Å²) in [5.74, 6) is -0.492. The lowest BCUT2D eigenvalue weighted by Crippen LogP contribution is -2.26. The molecule has 2 aromatic carbocycles. The molecule has 2 heterocycles. The Hall–Kier alpha value is -3.02. The van der Waals surface area contributed by atoms with E-state index in [4.69, 9.17) is 10.2 Å². The first-order valence-electron chi connectivity index (χ1n) is 7.35. The van der Waals surface area contributed by atoms with Crippen LogP contribution in [0.2, 0.25) is 0 Å². The predicted molar refractivity (Wildman–Crippen MR) is 86.0 cm³/mol. The summed E-state index contributed by atoms with van der Waals surface area (Å²) in [5, 5.41) is 0. The summed E-state index contributed by atoms with van der Waals surface area (Å²) in [4.78, 5) is 28.2. The van der Waals surface area contributed by atoms with Crippen molar-refractivity contribution >= 4 is 22.7 Å². The van der Waals surface area contributed by atoms with Crippen LogP contribution in [-0.4, -0.2) is 15.8 Å². The number of fused-ring (bicyclic) bond motifs is 2. The van der Waals surface area contributed by atoms with Crippen molar-refractivity contribution < 1.29 is 9.21 Å². The molecule has 4 rings (SSSR count). The van der Waals surface area contributed by atoms with Gasteiger partial charge in [0, 0.05) is 17.8 Å². The van der Waals surface area contributed by atoms with Crippen molar-refractivity contribution in [1.29, 1.82) is 0 Å². The molecule has 3 N–H and O–H groups in total. The van der Waals surface area contributed by atoms with E-state index < -0.39 is 5.76 Å². The number of nitrogen functional groups attached to an aromatic ring is 1. The molecular formula is C17H15N3O3. The molecule has 1 aromatic heterocycles. The molecule has 1 amide bonds. The van der Waals surface area contributed by atoms with E-state index in [1.54, 1.807) is 29.2 Å². The minimum atomic E-state index is -0.481. The maximum absolute atomic E-state index is 12.6. The number of nitrogens with two attached hydrogens (primary N) is 1. The third-order valence-electron chi connectivity index (χ3n) is 4.32. The van der Waals surface area contributed by atoms with Crippen molar-refractivity contribution in [2.45, 2.75) is 19.5 Å². The molecule has 0 saturated heterocycles. The Labute approximate surface area is 131 Å². The quantitative estimate of drug-likeness (QED) is 0.711. The minimum absolute atomic E-state index is 0.0110. The third kappa shape index (κ3) is 2.11. The van der Waals surface area contributed by atoms with Gasteiger partial charge < -0.3 is 15.1 Å². The van der Waals surface area contributed by atoms with E-state index in [9.17, 15) is 9.59 Å². The summed E-state index contributed by atoms with van der Waals surface area (Å²) in [6, 6.07) is 10.8. The molecule has 116 valence electrons. The van der Waals surface area contributed by atoms with E-state index in [2.05, 4.69) is 4.98 Å². The second-order valence-electron chi connectivity index (χ2n) is 5.80. The molecule has 1 aliphatic heterocycles. The van der Waals surface area contributed by atoms with Crippen molar-refractivity contribution in [3.05, 3.63) is 63.6 Å². The number of anilines is 1. The first kappa shape index (κ1) is 13.6. The van der Waals surface area contributed by atoms with Crippen LogP contribution in [0.15, 0.2) is 45.6 Å². The maximum Gasteiger partial charge on any atom is 0.417 e. The normalized spacial score (nSPS) is 17.0. The van der Waals surface area contributed by atoms with Gasteiger partial charge in [-0.2, -0.15) is 0 Å². The van der Waals surface area contributed by atoms with Gasteiger partial charge in [0.25, 0.3) is 5.91 Å². The van der Waals surface area contributed by atoms with Crippen LogP contribution in [0.5, 0.6) is 0 Å². The Morgan fingerprint density at radius 1 is 1.22 bits per heavy atom. The standard InChI is InChI=1S/C17H15N3O3/c1-9-13-7-11(18)3-4-12(13)16(21)20(9)8-10-2-5-14-15(6-10)23-17(22)19-14/h2-7,9H,8,18H2,1H3,(H,19,22). The van der Waals surface area contributed by atoms with Crippen LogP contribution in [0.4, 0.5) is 5.69 Å². The number of oxazole rings is 1. The molecule has 0 aliphatic carbocycles.